The Morgan fingerprint density at radius 3 is 2.33 bits per heavy atom. The molecule has 0 aliphatic heterocycles. The number of benzene rings is 1. The maximum absolute atomic E-state index is 13.7. The lowest BCUT2D eigenvalue weighted by molar-refractivity contribution is 0.0955. The molecule has 0 bridgehead atoms. The van der Waals surface area contributed by atoms with Gasteiger partial charge in [-0.2, -0.15) is 0 Å². The summed E-state index contributed by atoms with van der Waals surface area (Å²) in [5.74, 6) is -2.01. The van der Waals surface area contributed by atoms with Crippen LogP contribution in [0.4, 0.5) is 4.39 Å². The van der Waals surface area contributed by atoms with Crippen molar-refractivity contribution < 1.29 is 26.0 Å². The number of nitrogens with one attached hydrogen (secondary N) is 1. The fourth-order valence-electron chi connectivity index (χ4n) is 1.50. The SMILES string of the molecule is Cc1cc(C(=O)NCCS(C)(=O)=O)cc(S(=O)(=O)Cl)c1F. The Balaban J connectivity index is 3.04. The number of hydrogen-bond acceptors (Lipinski definition) is 5. The molecular weight excluding hydrogens is 345 g/mol. The minimum absolute atomic E-state index is 0.0648. The predicted molar refractivity (Wildman–Crippen MR) is 76.2 cm³/mol. The van der Waals surface area contributed by atoms with Crippen molar-refractivity contribution in [3.8, 4) is 0 Å². The molecule has 0 aliphatic rings. The molecule has 1 rings (SSSR count). The maximum Gasteiger partial charge on any atom is 0.264 e. The van der Waals surface area contributed by atoms with E-state index in [-0.39, 0.29) is 23.4 Å². The van der Waals surface area contributed by atoms with Gasteiger partial charge in [0, 0.05) is 29.0 Å². The van der Waals surface area contributed by atoms with E-state index in [1.807, 2.05) is 0 Å². The van der Waals surface area contributed by atoms with Gasteiger partial charge in [-0.1, -0.05) is 0 Å². The van der Waals surface area contributed by atoms with Crippen molar-refractivity contribution in [2.75, 3.05) is 18.6 Å². The quantitative estimate of drug-likeness (QED) is 0.787. The summed E-state index contributed by atoms with van der Waals surface area (Å²) < 4.78 is 58.0. The van der Waals surface area contributed by atoms with Gasteiger partial charge in [-0.15, -0.1) is 0 Å². The smallest absolute Gasteiger partial charge is 0.264 e. The van der Waals surface area contributed by atoms with Crippen LogP contribution in [-0.4, -0.2) is 41.3 Å². The number of rotatable bonds is 5. The van der Waals surface area contributed by atoms with Gasteiger partial charge < -0.3 is 5.32 Å². The van der Waals surface area contributed by atoms with Crippen LogP contribution in [0, 0.1) is 12.7 Å². The Bertz CT molecular complexity index is 774. The second-order valence-electron chi connectivity index (χ2n) is 4.43. The second-order valence-corrected chi connectivity index (χ2v) is 9.22. The summed E-state index contributed by atoms with van der Waals surface area (Å²) in [6, 6.07) is 1.96. The van der Waals surface area contributed by atoms with Gasteiger partial charge in [0.05, 0.1) is 5.75 Å². The number of carbonyl (C=O) groups is 1. The molecule has 21 heavy (non-hydrogen) atoms. The molecule has 0 heterocycles. The van der Waals surface area contributed by atoms with Crippen molar-refractivity contribution in [2.45, 2.75) is 11.8 Å². The van der Waals surface area contributed by atoms with E-state index >= 15 is 0 Å². The third-order valence-electron chi connectivity index (χ3n) is 2.50. The molecule has 1 amide bonds. The van der Waals surface area contributed by atoms with Crippen LogP contribution in [0.15, 0.2) is 17.0 Å². The van der Waals surface area contributed by atoms with Gasteiger partial charge in [-0.05, 0) is 24.6 Å². The van der Waals surface area contributed by atoms with Gasteiger partial charge in [0.25, 0.3) is 15.0 Å². The van der Waals surface area contributed by atoms with Crippen molar-refractivity contribution in [3.63, 3.8) is 0 Å². The van der Waals surface area contributed by atoms with Crippen LogP contribution < -0.4 is 5.32 Å². The van der Waals surface area contributed by atoms with E-state index in [0.717, 1.165) is 18.4 Å². The predicted octanol–water partition coefficient (Wildman–Crippen LogP) is 0.836. The topological polar surface area (TPSA) is 97.4 Å². The molecule has 0 saturated carbocycles. The lowest BCUT2D eigenvalue weighted by Gasteiger charge is -2.08. The Kier molecular flexibility index (Phi) is 5.35. The summed E-state index contributed by atoms with van der Waals surface area (Å²) in [6.45, 7) is 1.14. The first-order valence-corrected chi connectivity index (χ1v) is 9.99. The van der Waals surface area contributed by atoms with Crippen LogP contribution in [0.25, 0.3) is 0 Å². The van der Waals surface area contributed by atoms with Gasteiger partial charge in [0.2, 0.25) is 0 Å². The summed E-state index contributed by atoms with van der Waals surface area (Å²) in [6.07, 6.45) is 1.01. The highest BCUT2D eigenvalue weighted by molar-refractivity contribution is 8.13. The van der Waals surface area contributed by atoms with Gasteiger partial charge in [-0.25, -0.2) is 21.2 Å². The zero-order chi connectivity index (χ0) is 16.4. The molecule has 6 nitrogen and oxygen atoms in total. The molecule has 0 spiro atoms. The summed E-state index contributed by atoms with van der Waals surface area (Å²) in [5.41, 5.74) is -0.188. The highest BCUT2D eigenvalue weighted by Gasteiger charge is 2.21. The number of halogens is 2. The average molecular weight is 358 g/mol. The van der Waals surface area contributed by atoms with Crippen LogP contribution in [0.5, 0.6) is 0 Å². The standard InChI is InChI=1S/C11H13ClFNO5S2/c1-7-5-8(6-9(10(7)13)21(12,18)19)11(15)14-3-4-20(2,16)17/h5-6H,3-4H2,1-2H3,(H,14,15). The molecule has 0 aliphatic carbocycles. The Labute approximate surface area is 126 Å². The highest BCUT2D eigenvalue weighted by Crippen LogP contribution is 2.23. The third kappa shape index (κ3) is 5.25. The van der Waals surface area contributed by atoms with Crippen molar-refractivity contribution in [1.82, 2.24) is 5.32 Å². The molecule has 10 heteroatoms. The van der Waals surface area contributed by atoms with Crippen molar-refractivity contribution in [2.24, 2.45) is 0 Å². The summed E-state index contributed by atoms with van der Waals surface area (Å²) >= 11 is 0. The fourth-order valence-corrected chi connectivity index (χ4v) is 2.95. The molecule has 0 atom stereocenters. The van der Waals surface area contributed by atoms with Crippen LogP contribution in [0.1, 0.15) is 15.9 Å². The number of aryl methyl sites for hydroxylation is 1. The molecule has 0 fully saturated rings. The van der Waals surface area contributed by atoms with Gasteiger partial charge in [0.15, 0.2) is 0 Å². The van der Waals surface area contributed by atoms with E-state index in [9.17, 15) is 26.0 Å². The van der Waals surface area contributed by atoms with E-state index < -0.39 is 35.5 Å². The normalized spacial score (nSPS) is 12.2. The molecule has 0 aromatic heterocycles. The number of hydrogen-bond donors (Lipinski definition) is 1. The number of carbonyl (C=O) groups excluding carboxylic acids is 1. The zero-order valence-corrected chi connectivity index (χ0v) is 13.6. The van der Waals surface area contributed by atoms with Crippen LogP contribution in [0.2, 0.25) is 0 Å². The van der Waals surface area contributed by atoms with Crippen molar-refractivity contribution >= 4 is 35.5 Å². The maximum atomic E-state index is 13.7. The minimum atomic E-state index is -4.33. The van der Waals surface area contributed by atoms with E-state index in [4.69, 9.17) is 10.7 Å². The molecule has 0 radical (unpaired) electrons. The van der Waals surface area contributed by atoms with E-state index in [1.54, 1.807) is 0 Å². The van der Waals surface area contributed by atoms with Gasteiger partial charge >= 0.3 is 0 Å². The second kappa shape index (κ2) is 6.29. The third-order valence-corrected chi connectivity index (χ3v) is 4.77. The number of sulfone groups is 1. The molecule has 1 aromatic carbocycles. The van der Waals surface area contributed by atoms with Crippen molar-refractivity contribution in [1.29, 1.82) is 0 Å². The number of amides is 1. The molecular formula is C11H13ClFNO5S2. The van der Waals surface area contributed by atoms with Crippen molar-refractivity contribution in [3.05, 3.63) is 29.1 Å². The van der Waals surface area contributed by atoms with E-state index in [0.29, 0.717) is 0 Å². The fraction of sp³-hybridized carbons (Fsp3) is 0.364. The summed E-state index contributed by atoms with van der Waals surface area (Å²) in [4.78, 5) is 11.0. The Hall–Kier alpha value is -1.19. The largest absolute Gasteiger partial charge is 0.351 e. The van der Waals surface area contributed by atoms with Crippen LogP contribution in [0.3, 0.4) is 0 Å². The minimum Gasteiger partial charge on any atom is -0.351 e. The lowest BCUT2D eigenvalue weighted by atomic mass is 10.1. The molecule has 0 unspecified atom stereocenters. The van der Waals surface area contributed by atoms with Gasteiger partial charge in [-0.3, -0.25) is 4.79 Å². The zero-order valence-electron chi connectivity index (χ0n) is 11.2. The summed E-state index contributed by atoms with van der Waals surface area (Å²) in [5, 5.41) is 2.30. The van der Waals surface area contributed by atoms with Gasteiger partial charge in [0.1, 0.15) is 20.5 Å². The highest BCUT2D eigenvalue weighted by atomic mass is 35.7. The Morgan fingerprint density at radius 2 is 1.86 bits per heavy atom. The first-order valence-electron chi connectivity index (χ1n) is 5.62. The lowest BCUT2D eigenvalue weighted by Crippen LogP contribution is -2.29. The first-order chi connectivity index (χ1) is 9.42. The average Bonchev–Trinajstić information content (AvgIpc) is 2.29. The molecule has 1 N–H and O–H groups in total. The van der Waals surface area contributed by atoms with E-state index in [1.165, 1.54) is 6.92 Å². The van der Waals surface area contributed by atoms with Crippen LogP contribution in [-0.2, 0) is 18.9 Å². The summed E-state index contributed by atoms with van der Waals surface area (Å²) in [7, 11) is -2.48. The Morgan fingerprint density at radius 1 is 1.29 bits per heavy atom. The monoisotopic (exact) mass is 357 g/mol. The first kappa shape index (κ1) is 17.9. The van der Waals surface area contributed by atoms with Crippen LogP contribution >= 0.6 is 10.7 Å². The molecule has 118 valence electrons. The molecule has 0 saturated heterocycles. The van der Waals surface area contributed by atoms with E-state index in [2.05, 4.69) is 5.32 Å². The molecule has 1 aromatic rings.